The molecule has 2 aliphatic rings. The first-order valence-electron chi connectivity index (χ1n) is 9.94. The number of imidazole rings is 1. The maximum absolute atomic E-state index is 10.9. The fourth-order valence-electron chi connectivity index (χ4n) is 4.04. The predicted octanol–water partition coefficient (Wildman–Crippen LogP) is 1.49. The largest absolute Gasteiger partial charge is 0.387 e. The van der Waals surface area contributed by atoms with Crippen LogP contribution in [-0.4, -0.2) is 74.5 Å². The van der Waals surface area contributed by atoms with Gasteiger partial charge >= 0.3 is 11.1 Å². The SMILES string of the molecule is C[C@](O)(CN1CCc2nc(N3CCOCC3)ccc2C1)Cn1cc([N+](=O)[O-])nc1Cl. The molecule has 2 aliphatic heterocycles. The van der Waals surface area contributed by atoms with E-state index in [0.717, 1.165) is 56.3 Å². The molecule has 4 rings (SSSR count). The number of ether oxygens (including phenoxy) is 1. The summed E-state index contributed by atoms with van der Waals surface area (Å²) in [6.45, 7) is 6.86. The molecule has 2 aromatic heterocycles. The Morgan fingerprint density at radius 3 is 2.73 bits per heavy atom. The molecule has 2 aromatic rings. The molecule has 30 heavy (non-hydrogen) atoms. The zero-order valence-electron chi connectivity index (χ0n) is 16.8. The number of pyridine rings is 1. The van der Waals surface area contributed by atoms with E-state index in [1.54, 1.807) is 6.92 Å². The van der Waals surface area contributed by atoms with Gasteiger partial charge in [-0.25, -0.2) is 4.98 Å². The molecule has 0 radical (unpaired) electrons. The topological polar surface area (TPSA) is 110 Å². The van der Waals surface area contributed by atoms with Gasteiger partial charge in [-0.1, -0.05) is 6.07 Å². The van der Waals surface area contributed by atoms with E-state index in [1.165, 1.54) is 10.8 Å². The summed E-state index contributed by atoms with van der Waals surface area (Å²) >= 11 is 5.99. The van der Waals surface area contributed by atoms with Gasteiger partial charge in [-0.2, -0.15) is 0 Å². The maximum atomic E-state index is 10.9. The first-order valence-corrected chi connectivity index (χ1v) is 10.3. The average molecular weight is 437 g/mol. The molecule has 1 N–H and O–H groups in total. The number of aromatic nitrogens is 3. The van der Waals surface area contributed by atoms with E-state index in [4.69, 9.17) is 21.3 Å². The molecule has 1 saturated heterocycles. The van der Waals surface area contributed by atoms with Crippen LogP contribution in [0.2, 0.25) is 5.28 Å². The molecule has 0 saturated carbocycles. The molecule has 0 amide bonds. The predicted molar refractivity (Wildman–Crippen MR) is 111 cm³/mol. The molecular weight excluding hydrogens is 412 g/mol. The third-order valence-corrected chi connectivity index (χ3v) is 5.73. The maximum Gasteiger partial charge on any atom is 0.383 e. The van der Waals surface area contributed by atoms with Crippen LogP contribution in [0.15, 0.2) is 18.3 Å². The van der Waals surface area contributed by atoms with Gasteiger partial charge in [0, 0.05) is 44.8 Å². The van der Waals surface area contributed by atoms with E-state index in [2.05, 4.69) is 26.9 Å². The van der Waals surface area contributed by atoms with E-state index in [0.29, 0.717) is 13.1 Å². The minimum Gasteiger partial charge on any atom is -0.387 e. The van der Waals surface area contributed by atoms with Crippen LogP contribution in [0.3, 0.4) is 0 Å². The zero-order chi connectivity index (χ0) is 21.3. The van der Waals surface area contributed by atoms with Crippen LogP contribution in [0.5, 0.6) is 0 Å². The number of hydrogen-bond donors (Lipinski definition) is 1. The van der Waals surface area contributed by atoms with E-state index in [1.807, 2.05) is 0 Å². The van der Waals surface area contributed by atoms with Crippen molar-refractivity contribution < 1.29 is 14.8 Å². The fourth-order valence-corrected chi connectivity index (χ4v) is 4.24. The molecule has 1 atom stereocenters. The molecule has 0 spiro atoms. The van der Waals surface area contributed by atoms with Gasteiger partial charge in [-0.15, -0.1) is 0 Å². The number of aliphatic hydroxyl groups is 1. The Balaban J connectivity index is 1.40. The smallest absolute Gasteiger partial charge is 0.383 e. The van der Waals surface area contributed by atoms with E-state index in [9.17, 15) is 15.2 Å². The number of halogens is 1. The van der Waals surface area contributed by atoms with Crippen molar-refractivity contribution in [2.24, 2.45) is 0 Å². The van der Waals surface area contributed by atoms with Crippen LogP contribution in [0.4, 0.5) is 11.6 Å². The Morgan fingerprint density at radius 2 is 2.03 bits per heavy atom. The van der Waals surface area contributed by atoms with Gasteiger partial charge in [0.2, 0.25) is 0 Å². The number of rotatable bonds is 6. The van der Waals surface area contributed by atoms with Crippen LogP contribution in [-0.2, 0) is 24.2 Å². The number of anilines is 1. The number of nitro groups is 1. The highest BCUT2D eigenvalue weighted by Crippen LogP contribution is 2.24. The number of morpholine rings is 1. The fraction of sp³-hybridized carbons (Fsp3) is 0.579. The summed E-state index contributed by atoms with van der Waals surface area (Å²) in [6.07, 6.45) is 2.06. The zero-order valence-corrected chi connectivity index (χ0v) is 17.6. The lowest BCUT2D eigenvalue weighted by Crippen LogP contribution is -2.45. The Morgan fingerprint density at radius 1 is 1.27 bits per heavy atom. The quantitative estimate of drug-likeness (QED) is 0.535. The molecular formula is C19H25ClN6O4. The lowest BCUT2D eigenvalue weighted by atomic mass is 10.0. The molecule has 162 valence electrons. The van der Waals surface area contributed by atoms with Gasteiger partial charge in [-0.05, 0) is 40.1 Å². The van der Waals surface area contributed by atoms with Gasteiger partial charge in [0.05, 0.1) is 25.4 Å². The molecule has 10 nitrogen and oxygen atoms in total. The Hall–Kier alpha value is -2.27. The van der Waals surface area contributed by atoms with Crippen molar-refractivity contribution in [3.63, 3.8) is 0 Å². The van der Waals surface area contributed by atoms with Crippen molar-refractivity contribution in [2.45, 2.75) is 32.0 Å². The molecule has 0 aromatic carbocycles. The van der Waals surface area contributed by atoms with Gasteiger partial charge in [0.25, 0.3) is 0 Å². The Labute approximate surface area is 179 Å². The lowest BCUT2D eigenvalue weighted by Gasteiger charge is -2.35. The summed E-state index contributed by atoms with van der Waals surface area (Å²) in [5.74, 6) is 0.665. The molecule has 1 fully saturated rings. The van der Waals surface area contributed by atoms with Crippen LogP contribution in [0.1, 0.15) is 18.2 Å². The van der Waals surface area contributed by atoms with Crippen molar-refractivity contribution in [1.82, 2.24) is 19.4 Å². The van der Waals surface area contributed by atoms with E-state index in [-0.39, 0.29) is 17.6 Å². The highest BCUT2D eigenvalue weighted by molar-refractivity contribution is 6.28. The van der Waals surface area contributed by atoms with Crippen LogP contribution in [0, 0.1) is 10.1 Å². The first kappa shape index (κ1) is 21.0. The number of hydrogen-bond acceptors (Lipinski definition) is 8. The summed E-state index contributed by atoms with van der Waals surface area (Å²) in [4.78, 5) is 23.2. The van der Waals surface area contributed by atoms with E-state index < -0.39 is 10.5 Å². The second-order valence-corrected chi connectivity index (χ2v) is 8.42. The normalized spacial score (nSPS) is 19.4. The van der Waals surface area contributed by atoms with Gasteiger partial charge in [-0.3, -0.25) is 9.47 Å². The van der Waals surface area contributed by atoms with Gasteiger partial charge in [0.15, 0.2) is 0 Å². The second-order valence-electron chi connectivity index (χ2n) is 8.09. The van der Waals surface area contributed by atoms with Crippen molar-refractivity contribution in [2.75, 3.05) is 44.3 Å². The van der Waals surface area contributed by atoms with Crippen LogP contribution in [0.25, 0.3) is 0 Å². The standard InChI is InChI=1S/C19H25ClN6O4/c1-19(27,13-25-11-17(26(28)29)22-18(25)20)12-23-5-4-15-14(10-23)2-3-16(21-15)24-6-8-30-9-7-24/h2-3,11,27H,4-10,12-13H2,1H3/t19-/m0/s1. The summed E-state index contributed by atoms with van der Waals surface area (Å²) in [5.41, 5.74) is 1.13. The first-order chi connectivity index (χ1) is 14.3. The third kappa shape index (κ3) is 4.72. The summed E-state index contributed by atoms with van der Waals surface area (Å²) in [5, 5.41) is 21.8. The van der Waals surface area contributed by atoms with Crippen molar-refractivity contribution in [3.8, 4) is 0 Å². The third-order valence-electron chi connectivity index (χ3n) is 5.43. The molecule has 0 aliphatic carbocycles. The highest BCUT2D eigenvalue weighted by atomic mass is 35.5. The second kappa shape index (κ2) is 8.46. The summed E-state index contributed by atoms with van der Waals surface area (Å²) in [7, 11) is 0. The Bertz CT molecular complexity index is 928. The monoisotopic (exact) mass is 436 g/mol. The number of fused-ring (bicyclic) bond motifs is 1. The number of nitrogens with zero attached hydrogens (tertiary/aromatic N) is 6. The lowest BCUT2D eigenvalue weighted by molar-refractivity contribution is -0.389. The van der Waals surface area contributed by atoms with Gasteiger partial charge in [0.1, 0.15) is 12.0 Å². The molecule has 0 bridgehead atoms. The average Bonchev–Trinajstić information content (AvgIpc) is 3.08. The van der Waals surface area contributed by atoms with E-state index >= 15 is 0 Å². The van der Waals surface area contributed by atoms with Crippen LogP contribution >= 0.6 is 11.6 Å². The Kier molecular flexibility index (Phi) is 5.92. The molecule has 0 unspecified atom stereocenters. The highest BCUT2D eigenvalue weighted by Gasteiger charge is 2.30. The molecule has 4 heterocycles. The van der Waals surface area contributed by atoms with Crippen molar-refractivity contribution >= 4 is 23.2 Å². The molecule has 11 heteroatoms. The summed E-state index contributed by atoms with van der Waals surface area (Å²) in [6, 6.07) is 4.17. The minimum absolute atomic E-state index is 0.00851. The van der Waals surface area contributed by atoms with Crippen LogP contribution < -0.4 is 4.90 Å². The minimum atomic E-state index is -1.13. The van der Waals surface area contributed by atoms with Crippen molar-refractivity contribution in [3.05, 3.63) is 45.0 Å². The van der Waals surface area contributed by atoms with Crippen molar-refractivity contribution in [1.29, 1.82) is 0 Å². The summed E-state index contributed by atoms with van der Waals surface area (Å²) < 4.78 is 6.82. The van der Waals surface area contributed by atoms with Gasteiger partial charge < -0.3 is 24.9 Å². The number of β-amino-alcohol motifs (C(OH)–C–C–N with tert-alkyl or cyclic N) is 1.